The first-order chi connectivity index (χ1) is 13.4. The lowest BCUT2D eigenvalue weighted by Gasteiger charge is -2.10. The molecule has 0 spiro atoms. The van der Waals surface area contributed by atoms with Gasteiger partial charge in [0.2, 0.25) is 10.0 Å². The Kier molecular flexibility index (Phi) is 6.31. The van der Waals surface area contributed by atoms with Crippen LogP contribution >= 0.6 is 0 Å². The predicted octanol–water partition coefficient (Wildman–Crippen LogP) is 4.93. The SMILES string of the molecule is CC(C)c1ccc(Nc2ccc(NS(=O)(=O)CCc3ccccc3)cn2)cc1. The van der Waals surface area contributed by atoms with Crippen LogP contribution < -0.4 is 10.0 Å². The van der Waals surface area contributed by atoms with Gasteiger partial charge in [0.25, 0.3) is 0 Å². The summed E-state index contributed by atoms with van der Waals surface area (Å²) in [4.78, 5) is 4.30. The van der Waals surface area contributed by atoms with E-state index in [0.29, 0.717) is 23.8 Å². The number of aryl methyl sites for hydroxylation is 1. The minimum atomic E-state index is -3.43. The topological polar surface area (TPSA) is 71.1 Å². The Morgan fingerprint density at radius 2 is 1.57 bits per heavy atom. The molecular formula is C22H25N3O2S. The second-order valence-electron chi connectivity index (χ2n) is 6.99. The average Bonchev–Trinajstić information content (AvgIpc) is 2.69. The number of sulfonamides is 1. The fourth-order valence-corrected chi connectivity index (χ4v) is 3.84. The number of nitrogens with one attached hydrogen (secondary N) is 2. The van der Waals surface area contributed by atoms with Crippen LogP contribution in [0.25, 0.3) is 0 Å². The molecule has 28 heavy (non-hydrogen) atoms. The van der Waals surface area contributed by atoms with Gasteiger partial charge in [-0.15, -0.1) is 0 Å². The summed E-state index contributed by atoms with van der Waals surface area (Å²) in [5, 5.41) is 3.22. The molecule has 0 saturated carbocycles. The first-order valence-corrected chi connectivity index (χ1v) is 10.9. The molecule has 5 nitrogen and oxygen atoms in total. The van der Waals surface area contributed by atoms with E-state index in [1.165, 1.54) is 11.8 Å². The van der Waals surface area contributed by atoms with Gasteiger partial charge in [-0.05, 0) is 47.7 Å². The van der Waals surface area contributed by atoms with Crippen LogP contribution in [0.4, 0.5) is 17.2 Å². The van der Waals surface area contributed by atoms with Gasteiger partial charge in [0, 0.05) is 5.69 Å². The highest BCUT2D eigenvalue weighted by molar-refractivity contribution is 7.92. The van der Waals surface area contributed by atoms with Crippen molar-refractivity contribution in [3.8, 4) is 0 Å². The number of nitrogens with zero attached hydrogens (tertiary/aromatic N) is 1. The third-order valence-corrected chi connectivity index (χ3v) is 5.68. The van der Waals surface area contributed by atoms with E-state index in [0.717, 1.165) is 11.3 Å². The molecule has 0 saturated heterocycles. The third kappa shape index (κ3) is 5.82. The van der Waals surface area contributed by atoms with E-state index in [4.69, 9.17) is 0 Å². The van der Waals surface area contributed by atoms with Gasteiger partial charge in [0.1, 0.15) is 5.82 Å². The number of hydrogen-bond acceptors (Lipinski definition) is 4. The van der Waals surface area contributed by atoms with E-state index in [2.05, 4.69) is 41.0 Å². The molecule has 0 radical (unpaired) electrons. The van der Waals surface area contributed by atoms with Crippen molar-refractivity contribution in [2.75, 3.05) is 15.8 Å². The van der Waals surface area contributed by atoms with Crippen LogP contribution in [0, 0.1) is 0 Å². The first-order valence-electron chi connectivity index (χ1n) is 9.29. The molecule has 0 bridgehead atoms. The lowest BCUT2D eigenvalue weighted by atomic mass is 10.0. The number of pyridine rings is 1. The Bertz CT molecular complexity index is 984. The second-order valence-corrected chi connectivity index (χ2v) is 8.83. The van der Waals surface area contributed by atoms with Gasteiger partial charge >= 0.3 is 0 Å². The van der Waals surface area contributed by atoms with Gasteiger partial charge in [0.05, 0.1) is 17.6 Å². The van der Waals surface area contributed by atoms with Gasteiger partial charge in [-0.3, -0.25) is 4.72 Å². The third-order valence-electron chi connectivity index (χ3n) is 4.39. The summed E-state index contributed by atoms with van der Waals surface area (Å²) in [5.74, 6) is 1.17. The summed E-state index contributed by atoms with van der Waals surface area (Å²) in [7, 11) is -3.43. The molecule has 0 amide bonds. The molecule has 1 heterocycles. The minimum absolute atomic E-state index is 0.0270. The van der Waals surface area contributed by atoms with Crippen molar-refractivity contribution in [1.82, 2.24) is 4.98 Å². The fraction of sp³-hybridized carbons (Fsp3) is 0.227. The van der Waals surface area contributed by atoms with E-state index in [1.807, 2.05) is 42.5 Å². The highest BCUT2D eigenvalue weighted by Crippen LogP contribution is 2.20. The molecule has 6 heteroatoms. The largest absolute Gasteiger partial charge is 0.340 e. The summed E-state index contributed by atoms with van der Waals surface area (Å²) in [6.45, 7) is 4.31. The number of aromatic nitrogens is 1. The summed E-state index contributed by atoms with van der Waals surface area (Å²) >= 11 is 0. The number of anilines is 3. The van der Waals surface area contributed by atoms with Crippen molar-refractivity contribution in [2.45, 2.75) is 26.2 Å². The number of hydrogen-bond donors (Lipinski definition) is 2. The van der Waals surface area contributed by atoms with Crippen molar-refractivity contribution in [3.05, 3.63) is 84.1 Å². The highest BCUT2D eigenvalue weighted by atomic mass is 32.2. The molecule has 0 aliphatic heterocycles. The molecule has 0 aliphatic carbocycles. The zero-order valence-corrected chi connectivity index (χ0v) is 16.9. The van der Waals surface area contributed by atoms with Crippen molar-refractivity contribution < 1.29 is 8.42 Å². The lowest BCUT2D eigenvalue weighted by Crippen LogP contribution is -2.18. The maximum atomic E-state index is 12.3. The highest BCUT2D eigenvalue weighted by Gasteiger charge is 2.11. The monoisotopic (exact) mass is 395 g/mol. The van der Waals surface area contributed by atoms with E-state index < -0.39 is 10.0 Å². The van der Waals surface area contributed by atoms with Gasteiger partial charge in [0.15, 0.2) is 0 Å². The Balaban J connectivity index is 1.57. The van der Waals surface area contributed by atoms with Crippen LogP contribution in [0.3, 0.4) is 0 Å². The molecule has 3 aromatic rings. The van der Waals surface area contributed by atoms with Crippen LogP contribution in [0.2, 0.25) is 0 Å². The molecule has 0 fully saturated rings. The van der Waals surface area contributed by atoms with Gasteiger partial charge < -0.3 is 5.32 Å². The predicted molar refractivity (Wildman–Crippen MR) is 116 cm³/mol. The number of rotatable bonds is 8. The van der Waals surface area contributed by atoms with Gasteiger partial charge in [-0.25, -0.2) is 13.4 Å². The Hall–Kier alpha value is -2.86. The number of benzene rings is 2. The molecule has 0 unspecified atom stereocenters. The fourth-order valence-electron chi connectivity index (χ4n) is 2.75. The van der Waals surface area contributed by atoms with E-state index in [1.54, 1.807) is 12.1 Å². The summed E-state index contributed by atoms with van der Waals surface area (Å²) in [6.07, 6.45) is 1.99. The van der Waals surface area contributed by atoms with Crippen molar-refractivity contribution in [3.63, 3.8) is 0 Å². The molecule has 146 valence electrons. The van der Waals surface area contributed by atoms with Crippen LogP contribution in [0.5, 0.6) is 0 Å². The molecule has 0 atom stereocenters. The Morgan fingerprint density at radius 3 is 2.18 bits per heavy atom. The molecule has 2 N–H and O–H groups in total. The van der Waals surface area contributed by atoms with Crippen molar-refractivity contribution in [1.29, 1.82) is 0 Å². The summed E-state index contributed by atoms with van der Waals surface area (Å²) < 4.78 is 27.1. The molecule has 0 aliphatic rings. The van der Waals surface area contributed by atoms with E-state index >= 15 is 0 Å². The van der Waals surface area contributed by atoms with E-state index in [9.17, 15) is 8.42 Å². The first kappa shape index (κ1) is 19.9. The molecular weight excluding hydrogens is 370 g/mol. The van der Waals surface area contributed by atoms with Crippen LogP contribution in [0.15, 0.2) is 72.9 Å². The summed E-state index contributed by atoms with van der Waals surface area (Å²) in [6, 6.07) is 21.2. The van der Waals surface area contributed by atoms with Gasteiger partial charge in [-0.2, -0.15) is 0 Å². The Morgan fingerprint density at radius 1 is 0.893 bits per heavy atom. The maximum Gasteiger partial charge on any atom is 0.233 e. The molecule has 1 aromatic heterocycles. The van der Waals surface area contributed by atoms with Crippen molar-refractivity contribution >= 4 is 27.2 Å². The van der Waals surface area contributed by atoms with Crippen molar-refractivity contribution in [2.24, 2.45) is 0 Å². The zero-order valence-electron chi connectivity index (χ0n) is 16.1. The van der Waals surface area contributed by atoms with Crippen LogP contribution in [-0.4, -0.2) is 19.2 Å². The van der Waals surface area contributed by atoms with Gasteiger partial charge in [-0.1, -0.05) is 56.3 Å². The standard InChI is InChI=1S/C22H25N3O2S/c1-17(2)19-8-10-20(11-9-19)24-22-13-12-21(16-23-22)25-28(26,27)15-14-18-6-4-3-5-7-18/h3-13,16-17,25H,14-15H2,1-2H3,(H,23,24). The second kappa shape index (κ2) is 8.89. The van der Waals surface area contributed by atoms with E-state index in [-0.39, 0.29) is 5.75 Å². The quantitative estimate of drug-likeness (QED) is 0.567. The Labute approximate surface area is 166 Å². The molecule has 3 rings (SSSR count). The van der Waals surface area contributed by atoms with Crippen LogP contribution in [0.1, 0.15) is 30.9 Å². The molecule has 2 aromatic carbocycles. The maximum absolute atomic E-state index is 12.3. The summed E-state index contributed by atoms with van der Waals surface area (Å²) in [5.41, 5.74) is 3.66. The smallest absolute Gasteiger partial charge is 0.233 e. The minimum Gasteiger partial charge on any atom is -0.340 e. The normalized spacial score (nSPS) is 11.4. The average molecular weight is 396 g/mol. The lowest BCUT2D eigenvalue weighted by molar-refractivity contribution is 0.600. The van der Waals surface area contributed by atoms with Crippen LogP contribution in [-0.2, 0) is 16.4 Å². The zero-order chi connectivity index (χ0) is 20.0.